The Labute approximate surface area is 223 Å². The Hall–Kier alpha value is -3.76. The van der Waals surface area contributed by atoms with Crippen LogP contribution in [0.5, 0.6) is 0 Å². The Kier molecular flexibility index (Phi) is 4.99. The van der Waals surface area contributed by atoms with Crippen LogP contribution in [-0.4, -0.2) is 21.3 Å². The quantitative estimate of drug-likeness (QED) is 0.253. The lowest BCUT2D eigenvalue weighted by Crippen LogP contribution is -2.47. The molecule has 0 amide bonds. The summed E-state index contributed by atoms with van der Waals surface area (Å²) in [6.07, 6.45) is 2.76. The lowest BCUT2D eigenvalue weighted by molar-refractivity contribution is -0.716. The van der Waals surface area contributed by atoms with Crippen LogP contribution in [0.1, 0.15) is 57.2 Å². The number of aryl methyl sites for hydroxylation is 1. The third kappa shape index (κ3) is 3.13. The summed E-state index contributed by atoms with van der Waals surface area (Å²) in [7, 11) is 2.19. The van der Waals surface area contributed by atoms with Gasteiger partial charge in [-0.1, -0.05) is 81.4 Å². The van der Waals surface area contributed by atoms with E-state index in [2.05, 4.69) is 111 Å². The van der Waals surface area contributed by atoms with Gasteiger partial charge in [0.05, 0.1) is 10.9 Å². The minimum Gasteiger partial charge on any atom is -0.396 e. The third-order valence-corrected chi connectivity index (χ3v) is 8.86. The van der Waals surface area contributed by atoms with Crippen molar-refractivity contribution in [1.82, 2.24) is 9.55 Å². The van der Waals surface area contributed by atoms with Gasteiger partial charge in [-0.3, -0.25) is 0 Å². The number of nitrogens with zero attached hydrogens (tertiary/aromatic N) is 3. The fourth-order valence-corrected chi connectivity index (χ4v) is 6.84. The number of aliphatic hydroxyl groups is 1. The van der Waals surface area contributed by atoms with Gasteiger partial charge in [0.25, 0.3) is 6.33 Å². The summed E-state index contributed by atoms with van der Waals surface area (Å²) in [5.74, 6) is 0.217. The predicted molar refractivity (Wildman–Crippen MR) is 157 cm³/mol. The van der Waals surface area contributed by atoms with Crippen molar-refractivity contribution in [1.29, 1.82) is 0 Å². The molecule has 0 spiro atoms. The molecule has 0 fully saturated rings. The van der Waals surface area contributed by atoms with Gasteiger partial charge in [0.15, 0.2) is 5.69 Å². The topological polar surface area (TPSA) is 41.9 Å². The van der Waals surface area contributed by atoms with E-state index in [0.717, 1.165) is 11.9 Å². The van der Waals surface area contributed by atoms with Crippen LogP contribution in [-0.2, 0) is 12.5 Å². The average molecular weight is 501 g/mol. The second-order valence-electron chi connectivity index (χ2n) is 12.0. The van der Waals surface area contributed by atoms with Crippen molar-refractivity contribution >= 4 is 43.5 Å². The molecule has 1 aliphatic rings. The lowest BCUT2D eigenvalue weighted by Gasteiger charge is -2.32. The molecule has 7 rings (SSSR count). The van der Waals surface area contributed by atoms with E-state index in [-0.39, 0.29) is 24.0 Å². The van der Waals surface area contributed by atoms with Gasteiger partial charge in [0.2, 0.25) is 5.52 Å². The first-order valence-corrected chi connectivity index (χ1v) is 13.7. The zero-order valence-corrected chi connectivity index (χ0v) is 22.8. The monoisotopic (exact) mass is 500 g/mol. The highest BCUT2D eigenvalue weighted by Crippen LogP contribution is 2.47. The van der Waals surface area contributed by atoms with E-state index in [9.17, 15) is 5.11 Å². The number of benzene rings is 4. The van der Waals surface area contributed by atoms with Crippen LogP contribution in [0.25, 0.3) is 54.7 Å². The summed E-state index contributed by atoms with van der Waals surface area (Å²) >= 11 is 0. The van der Waals surface area contributed by atoms with Crippen LogP contribution in [0.2, 0.25) is 0 Å². The Bertz CT molecular complexity index is 1910. The number of hydrogen-bond acceptors (Lipinski definition) is 2. The largest absolute Gasteiger partial charge is 0.396 e. The predicted octanol–water partition coefficient (Wildman–Crippen LogP) is 7.33. The van der Waals surface area contributed by atoms with Crippen molar-refractivity contribution in [3.05, 3.63) is 84.2 Å². The minimum atomic E-state index is 0.0821. The number of hydrogen-bond donors (Lipinski definition) is 1. The Balaban J connectivity index is 1.65. The lowest BCUT2D eigenvalue weighted by atomic mass is 9.78. The molecular formula is C34H34N3O+. The van der Waals surface area contributed by atoms with Crippen molar-refractivity contribution in [2.45, 2.75) is 51.5 Å². The van der Waals surface area contributed by atoms with Crippen molar-refractivity contribution in [3.63, 3.8) is 0 Å². The van der Waals surface area contributed by atoms with E-state index in [4.69, 9.17) is 4.98 Å². The number of fused-ring (bicyclic) bond motifs is 11. The Morgan fingerprint density at radius 3 is 2.45 bits per heavy atom. The number of rotatable bonds is 2. The van der Waals surface area contributed by atoms with Crippen molar-refractivity contribution < 1.29 is 9.67 Å². The van der Waals surface area contributed by atoms with Gasteiger partial charge >= 0.3 is 0 Å². The van der Waals surface area contributed by atoms with E-state index in [1.807, 2.05) is 6.33 Å². The second-order valence-corrected chi connectivity index (χ2v) is 12.0. The molecule has 0 radical (unpaired) electrons. The van der Waals surface area contributed by atoms with Crippen LogP contribution in [0.15, 0.2) is 73.1 Å². The van der Waals surface area contributed by atoms with Gasteiger partial charge in [0, 0.05) is 30.5 Å². The molecule has 6 aromatic rings. The normalized spacial score (nSPS) is 17.4. The smallest absolute Gasteiger partial charge is 0.287 e. The number of aromatic nitrogens is 3. The molecule has 2 aromatic heterocycles. The van der Waals surface area contributed by atoms with Crippen molar-refractivity contribution in [2.75, 3.05) is 6.61 Å². The fraction of sp³-hybridized carbons (Fsp3) is 0.294. The molecule has 38 heavy (non-hydrogen) atoms. The van der Waals surface area contributed by atoms with Crippen LogP contribution < -0.4 is 4.57 Å². The molecule has 1 N–H and O–H groups in total. The molecule has 2 atom stereocenters. The molecule has 4 nitrogen and oxygen atoms in total. The summed E-state index contributed by atoms with van der Waals surface area (Å²) in [5.41, 5.74) is 8.68. The SMILES string of the molecule is CC1C(CCO)c2ccc3cc(C(C)(C)C)ccc3c2-c2c3c(nc[n+]21)c1ccc2ccccc2c1n3C. The average Bonchev–Trinajstić information content (AvgIpc) is 3.21. The molecule has 4 heteroatoms. The van der Waals surface area contributed by atoms with E-state index < -0.39 is 0 Å². The van der Waals surface area contributed by atoms with E-state index >= 15 is 0 Å². The summed E-state index contributed by atoms with van der Waals surface area (Å²) in [5, 5.41) is 16.2. The summed E-state index contributed by atoms with van der Waals surface area (Å²) in [6, 6.07) is 24.8. The van der Waals surface area contributed by atoms with Gasteiger partial charge in [-0.05, 0) is 57.1 Å². The van der Waals surface area contributed by atoms with Gasteiger partial charge in [0.1, 0.15) is 11.6 Å². The Morgan fingerprint density at radius 1 is 0.895 bits per heavy atom. The van der Waals surface area contributed by atoms with Crippen LogP contribution in [0, 0.1) is 0 Å². The van der Waals surface area contributed by atoms with Crippen LogP contribution in [0.3, 0.4) is 0 Å². The van der Waals surface area contributed by atoms with Crippen LogP contribution >= 0.6 is 0 Å². The minimum absolute atomic E-state index is 0.0821. The molecule has 0 bridgehead atoms. The highest BCUT2D eigenvalue weighted by Gasteiger charge is 2.38. The molecule has 0 saturated carbocycles. The molecule has 0 aliphatic carbocycles. The molecule has 2 unspecified atom stereocenters. The highest BCUT2D eigenvalue weighted by molar-refractivity contribution is 6.19. The van der Waals surface area contributed by atoms with E-state index in [1.54, 1.807) is 0 Å². The molecule has 1 aliphatic heterocycles. The van der Waals surface area contributed by atoms with E-state index in [1.165, 1.54) is 60.3 Å². The second kappa shape index (κ2) is 8.12. The molecule has 4 aromatic carbocycles. The number of aliphatic hydroxyl groups excluding tert-OH is 1. The van der Waals surface area contributed by atoms with Gasteiger partial charge in [-0.15, -0.1) is 0 Å². The molecule has 3 heterocycles. The zero-order valence-electron chi connectivity index (χ0n) is 22.8. The van der Waals surface area contributed by atoms with Gasteiger partial charge in [-0.25, -0.2) is 4.57 Å². The molecule has 190 valence electrons. The first kappa shape index (κ1) is 23.4. The standard InChI is InChI=1S/C34H34N3O/c1-20-24(16-17-38)27-13-11-22-18-23(34(2,3)4)12-15-25(22)29(27)32-33-30(35-19-37(20)32)28-14-10-21-8-6-7-9-26(21)31(28)36(33)5/h6-15,18-20,24,38H,16-17H2,1-5H3/q+1. The van der Waals surface area contributed by atoms with Gasteiger partial charge in [-0.2, -0.15) is 0 Å². The first-order chi connectivity index (χ1) is 18.3. The highest BCUT2D eigenvalue weighted by atomic mass is 16.3. The van der Waals surface area contributed by atoms with Gasteiger partial charge < -0.3 is 9.67 Å². The first-order valence-electron chi connectivity index (χ1n) is 13.7. The maximum absolute atomic E-state index is 10.0. The maximum Gasteiger partial charge on any atom is 0.287 e. The Morgan fingerprint density at radius 2 is 1.66 bits per heavy atom. The summed E-state index contributed by atoms with van der Waals surface area (Å²) in [6.45, 7) is 9.25. The van der Waals surface area contributed by atoms with Crippen molar-refractivity contribution in [3.8, 4) is 11.3 Å². The van der Waals surface area contributed by atoms with Crippen LogP contribution in [0.4, 0.5) is 0 Å². The third-order valence-electron chi connectivity index (χ3n) is 8.86. The summed E-state index contributed by atoms with van der Waals surface area (Å²) < 4.78 is 4.72. The molecular weight excluding hydrogens is 466 g/mol. The maximum atomic E-state index is 10.0. The van der Waals surface area contributed by atoms with Crippen molar-refractivity contribution in [2.24, 2.45) is 7.05 Å². The summed E-state index contributed by atoms with van der Waals surface area (Å²) in [4.78, 5) is 5.07. The zero-order chi connectivity index (χ0) is 26.3. The van der Waals surface area contributed by atoms with E-state index in [0.29, 0.717) is 0 Å². The fourth-order valence-electron chi connectivity index (χ4n) is 6.84. The molecule has 0 saturated heterocycles.